The second-order valence-corrected chi connectivity index (χ2v) is 17.8. The predicted molar refractivity (Wildman–Crippen MR) is 189 cm³/mol. The van der Waals surface area contributed by atoms with Crippen LogP contribution in [-0.2, 0) is 15.6 Å². The second kappa shape index (κ2) is 12.8. The van der Waals surface area contributed by atoms with Gasteiger partial charge in [-0.05, 0) is 92.7 Å². The summed E-state index contributed by atoms with van der Waals surface area (Å²) in [5.74, 6) is -0.395. The van der Waals surface area contributed by atoms with Crippen LogP contribution >= 0.6 is 11.6 Å². The third-order valence-electron chi connectivity index (χ3n) is 12.7. The maximum atomic E-state index is 15.5. The van der Waals surface area contributed by atoms with E-state index in [-0.39, 0.29) is 40.2 Å². The van der Waals surface area contributed by atoms with Crippen molar-refractivity contribution in [3.8, 4) is 5.75 Å². The Balaban J connectivity index is 1.35. The van der Waals surface area contributed by atoms with Gasteiger partial charge in [0.2, 0.25) is 10.0 Å². The van der Waals surface area contributed by atoms with Crippen LogP contribution in [0.2, 0.25) is 0 Å². The summed E-state index contributed by atoms with van der Waals surface area (Å²) in [6, 6.07) is 8.20. The van der Waals surface area contributed by atoms with Gasteiger partial charge in [-0.2, -0.15) is 4.72 Å². The maximum absolute atomic E-state index is 15.5. The average Bonchev–Trinajstić information content (AvgIpc) is 3.20. The Kier molecular flexibility index (Phi) is 9.04. The number of pyridine rings is 1. The lowest BCUT2D eigenvalue weighted by molar-refractivity contribution is -0.0574. The van der Waals surface area contributed by atoms with Gasteiger partial charge in [-0.1, -0.05) is 62.2 Å². The van der Waals surface area contributed by atoms with Crippen molar-refractivity contribution in [2.75, 3.05) is 24.6 Å². The van der Waals surface area contributed by atoms with Gasteiger partial charge < -0.3 is 19.8 Å². The molecule has 8 nitrogen and oxygen atoms in total. The molecule has 49 heavy (non-hydrogen) atoms. The highest BCUT2D eigenvalue weighted by Gasteiger charge is 2.56. The van der Waals surface area contributed by atoms with E-state index in [2.05, 4.69) is 33.7 Å². The van der Waals surface area contributed by atoms with E-state index >= 15 is 4.39 Å². The number of halogens is 2. The van der Waals surface area contributed by atoms with E-state index in [0.29, 0.717) is 43.9 Å². The molecule has 3 N–H and O–H groups in total. The van der Waals surface area contributed by atoms with Crippen molar-refractivity contribution in [3.05, 3.63) is 89.0 Å². The Morgan fingerprint density at radius 3 is 2.73 bits per heavy atom. The van der Waals surface area contributed by atoms with Gasteiger partial charge in [0.05, 0.1) is 17.5 Å². The summed E-state index contributed by atoms with van der Waals surface area (Å²) in [4.78, 5) is 6.65. The van der Waals surface area contributed by atoms with Crippen molar-refractivity contribution in [2.45, 2.75) is 76.4 Å². The normalized spacial score (nSPS) is 39.4. The quantitative estimate of drug-likeness (QED) is 0.282. The molecule has 2 bridgehead atoms. The summed E-state index contributed by atoms with van der Waals surface area (Å²) in [7, 11) is -3.96. The van der Waals surface area contributed by atoms with E-state index in [9.17, 15) is 18.6 Å². The number of aliphatic hydroxyl groups excluding tert-OH is 1. The number of ether oxygens (including phenoxy) is 1. The SMILES string of the molecule is C[C@@H]1[C@@H](C)C/C=C/[C@](O)(c2ncccc2F)[C@@H]2CC[C@H]2CN2C[C@@]3(CCCC4C=C(Cl)C=CC43C)COc3ccc(cc32)C(O)NS1(=O)=O. The number of sulfonamides is 1. The number of nitrogens with one attached hydrogen (secondary N) is 1. The highest BCUT2D eigenvalue weighted by Crippen LogP contribution is 2.59. The third-order valence-corrected chi connectivity index (χ3v) is 14.9. The average molecular weight is 712 g/mol. The molecule has 2 aliphatic heterocycles. The first-order valence-electron chi connectivity index (χ1n) is 17.5. The predicted octanol–water partition coefficient (Wildman–Crippen LogP) is 6.71. The second-order valence-electron chi connectivity index (χ2n) is 15.3. The van der Waals surface area contributed by atoms with Gasteiger partial charge in [0, 0.05) is 41.1 Å². The number of nitrogens with zero attached hydrogens (tertiary/aromatic N) is 2. The number of benzene rings is 1. The van der Waals surface area contributed by atoms with Crippen LogP contribution < -0.4 is 14.4 Å². The van der Waals surface area contributed by atoms with Gasteiger partial charge in [-0.15, -0.1) is 0 Å². The van der Waals surface area contributed by atoms with E-state index in [0.717, 1.165) is 36.4 Å². The minimum Gasteiger partial charge on any atom is -0.491 e. The Morgan fingerprint density at radius 1 is 1.16 bits per heavy atom. The largest absolute Gasteiger partial charge is 0.491 e. The molecule has 11 heteroatoms. The Hall–Kier alpha value is -2.76. The van der Waals surface area contributed by atoms with E-state index in [1.807, 2.05) is 25.1 Å². The van der Waals surface area contributed by atoms with Gasteiger partial charge in [0.15, 0.2) is 0 Å². The number of rotatable bonds is 1. The number of hydrogen-bond donors (Lipinski definition) is 3. The fourth-order valence-electron chi connectivity index (χ4n) is 9.11. The molecule has 1 spiro atoms. The van der Waals surface area contributed by atoms with Crippen LogP contribution in [0.3, 0.4) is 0 Å². The summed E-state index contributed by atoms with van der Waals surface area (Å²) in [5.41, 5.74) is -1.08. The molecule has 3 aliphatic carbocycles. The first-order valence-corrected chi connectivity index (χ1v) is 19.5. The molecule has 0 saturated heterocycles. The zero-order valence-corrected chi connectivity index (χ0v) is 29.9. The smallest absolute Gasteiger partial charge is 0.216 e. The fraction of sp³-hybridized carbons (Fsp3) is 0.553. The van der Waals surface area contributed by atoms with Crippen LogP contribution in [0.5, 0.6) is 5.75 Å². The topological polar surface area (TPSA) is 112 Å². The van der Waals surface area contributed by atoms with Crippen LogP contribution in [0.1, 0.15) is 76.8 Å². The summed E-state index contributed by atoms with van der Waals surface area (Å²) >= 11 is 6.52. The molecule has 3 heterocycles. The monoisotopic (exact) mass is 711 g/mol. The molecule has 9 atom stereocenters. The van der Waals surface area contributed by atoms with Crippen molar-refractivity contribution in [2.24, 2.45) is 34.5 Å². The van der Waals surface area contributed by atoms with E-state index in [1.54, 1.807) is 25.1 Å². The van der Waals surface area contributed by atoms with Gasteiger partial charge >= 0.3 is 0 Å². The molecule has 2 saturated carbocycles. The lowest BCUT2D eigenvalue weighted by atomic mass is 9.51. The van der Waals surface area contributed by atoms with E-state index in [4.69, 9.17) is 16.3 Å². The Bertz CT molecular complexity index is 1800. The minimum absolute atomic E-state index is 0.0150. The standard InChI is InChI=1S/C38H47ClFN3O5S/c1-24-7-4-16-38(45,34-31(40)9-6-18-41-34)30-12-10-27(30)21-43-22-37(15-5-8-28-20-29(39)14-17-36(28,37)3)23-48-33-13-11-26(19-32(33)43)35(44)42-49(46,47)25(24)2/h4,6,9,11,13-14,16-20,24-25,27-28,30,35,42,44-45H,5,7-8,10,12,15,21-23H2,1-3H3/b16-4+/t24-,25+,27-,28?,30+,35?,36?,37-,38+/m0/s1. The number of aliphatic hydroxyl groups is 2. The maximum Gasteiger partial charge on any atom is 0.216 e. The number of hydrogen-bond acceptors (Lipinski definition) is 7. The molecular weight excluding hydrogens is 665 g/mol. The van der Waals surface area contributed by atoms with Crippen LogP contribution in [0.25, 0.3) is 0 Å². The van der Waals surface area contributed by atoms with Crippen molar-refractivity contribution in [1.82, 2.24) is 9.71 Å². The molecule has 2 fully saturated rings. The fourth-order valence-corrected chi connectivity index (χ4v) is 10.7. The molecule has 0 amide bonds. The Labute approximate surface area is 294 Å². The van der Waals surface area contributed by atoms with Crippen LogP contribution in [0.15, 0.2) is 71.9 Å². The first kappa shape index (κ1) is 34.7. The van der Waals surface area contributed by atoms with Crippen molar-refractivity contribution < 1.29 is 27.8 Å². The molecule has 3 unspecified atom stereocenters. The molecular formula is C38H47ClFN3O5S. The highest BCUT2D eigenvalue weighted by molar-refractivity contribution is 7.90. The van der Waals surface area contributed by atoms with E-state index < -0.39 is 32.9 Å². The summed E-state index contributed by atoms with van der Waals surface area (Å²) in [5, 5.41) is 23.6. The van der Waals surface area contributed by atoms with E-state index in [1.165, 1.54) is 18.3 Å². The third kappa shape index (κ3) is 5.95. The van der Waals surface area contributed by atoms with Crippen molar-refractivity contribution in [1.29, 1.82) is 0 Å². The molecule has 5 aliphatic rings. The molecule has 7 rings (SSSR count). The zero-order valence-electron chi connectivity index (χ0n) is 28.4. The minimum atomic E-state index is -3.96. The van der Waals surface area contributed by atoms with Gasteiger partial charge in [0.1, 0.15) is 29.1 Å². The molecule has 2 aromatic rings. The summed E-state index contributed by atoms with van der Waals surface area (Å²) in [6.07, 6.45) is 14.7. The molecule has 264 valence electrons. The number of allylic oxidation sites excluding steroid dienone is 5. The Morgan fingerprint density at radius 2 is 1.98 bits per heavy atom. The lowest BCUT2D eigenvalue weighted by Crippen LogP contribution is -2.57. The number of fused-ring (bicyclic) bond motifs is 4. The van der Waals surface area contributed by atoms with Crippen LogP contribution in [0.4, 0.5) is 10.1 Å². The molecule has 0 radical (unpaired) electrons. The van der Waals surface area contributed by atoms with Gasteiger partial charge in [-0.25, -0.2) is 12.8 Å². The lowest BCUT2D eigenvalue weighted by Gasteiger charge is -2.56. The zero-order chi connectivity index (χ0) is 34.8. The number of aromatic nitrogens is 1. The van der Waals surface area contributed by atoms with Crippen LogP contribution in [0, 0.1) is 40.3 Å². The van der Waals surface area contributed by atoms with Crippen molar-refractivity contribution in [3.63, 3.8) is 0 Å². The summed E-state index contributed by atoms with van der Waals surface area (Å²) in [6.45, 7) is 7.38. The number of anilines is 1. The molecule has 1 aromatic carbocycles. The van der Waals surface area contributed by atoms with Gasteiger partial charge in [-0.3, -0.25) is 4.98 Å². The molecule has 1 aromatic heterocycles. The first-order chi connectivity index (χ1) is 23.3. The summed E-state index contributed by atoms with van der Waals surface area (Å²) < 4.78 is 51.6. The van der Waals surface area contributed by atoms with Gasteiger partial charge in [0.25, 0.3) is 0 Å². The van der Waals surface area contributed by atoms with Crippen molar-refractivity contribution >= 4 is 27.3 Å². The van der Waals surface area contributed by atoms with Crippen LogP contribution in [-0.4, -0.2) is 48.6 Å². The highest BCUT2D eigenvalue weighted by atomic mass is 35.5.